The third-order valence-corrected chi connectivity index (χ3v) is 4.47. The fourth-order valence-electron chi connectivity index (χ4n) is 2.92. The van der Waals surface area contributed by atoms with Crippen LogP contribution in [0.25, 0.3) is 0 Å². The van der Waals surface area contributed by atoms with Crippen molar-refractivity contribution in [3.05, 3.63) is 34.9 Å². The van der Waals surface area contributed by atoms with Crippen LogP contribution < -0.4 is 5.73 Å². The first-order chi connectivity index (χ1) is 9.06. The monoisotopic (exact) mass is 260 g/mol. The molecular formula is C17H28N2. The highest BCUT2D eigenvalue weighted by Gasteiger charge is 2.17. The van der Waals surface area contributed by atoms with Crippen molar-refractivity contribution in [1.29, 1.82) is 0 Å². The largest absolute Gasteiger partial charge is 0.324 e. The topological polar surface area (TPSA) is 29.3 Å². The summed E-state index contributed by atoms with van der Waals surface area (Å²) in [5.41, 5.74) is 10.3. The molecule has 0 amide bonds. The summed E-state index contributed by atoms with van der Waals surface area (Å²) in [5, 5.41) is 0. The molecule has 1 aromatic rings. The van der Waals surface area contributed by atoms with Gasteiger partial charge in [0.25, 0.3) is 0 Å². The molecule has 0 aromatic heterocycles. The highest BCUT2D eigenvalue weighted by molar-refractivity contribution is 5.32. The summed E-state index contributed by atoms with van der Waals surface area (Å²) in [5.74, 6) is 0.906. The Morgan fingerprint density at radius 2 is 1.95 bits per heavy atom. The lowest BCUT2D eigenvalue weighted by molar-refractivity contribution is 0.187. The molecule has 1 fully saturated rings. The summed E-state index contributed by atoms with van der Waals surface area (Å²) in [6.07, 6.45) is 3.76. The van der Waals surface area contributed by atoms with E-state index in [1.165, 1.54) is 42.6 Å². The average Bonchev–Trinajstić information content (AvgIpc) is 2.40. The Bertz CT molecular complexity index is 406. The van der Waals surface area contributed by atoms with Gasteiger partial charge < -0.3 is 10.6 Å². The lowest BCUT2D eigenvalue weighted by Gasteiger charge is -2.31. The van der Waals surface area contributed by atoms with Gasteiger partial charge in [-0.05, 0) is 69.8 Å². The van der Waals surface area contributed by atoms with Gasteiger partial charge in [-0.3, -0.25) is 0 Å². The number of nitrogens with two attached hydrogens (primary N) is 1. The van der Waals surface area contributed by atoms with Crippen LogP contribution >= 0.6 is 0 Å². The van der Waals surface area contributed by atoms with Gasteiger partial charge >= 0.3 is 0 Å². The van der Waals surface area contributed by atoms with Gasteiger partial charge in [0.1, 0.15) is 0 Å². The van der Waals surface area contributed by atoms with Crippen molar-refractivity contribution in [2.24, 2.45) is 11.7 Å². The molecule has 1 saturated heterocycles. The van der Waals surface area contributed by atoms with E-state index in [1.54, 1.807) is 0 Å². The lowest BCUT2D eigenvalue weighted by atomic mass is 9.96. The molecular weight excluding hydrogens is 232 g/mol. The second-order valence-electron chi connectivity index (χ2n) is 6.28. The second-order valence-corrected chi connectivity index (χ2v) is 6.28. The maximum absolute atomic E-state index is 6.38. The van der Waals surface area contributed by atoms with Crippen molar-refractivity contribution in [3.63, 3.8) is 0 Å². The molecule has 2 N–H and O–H groups in total. The first kappa shape index (κ1) is 14.5. The summed E-state index contributed by atoms with van der Waals surface area (Å²) in [7, 11) is 0. The summed E-state index contributed by atoms with van der Waals surface area (Å²) in [6, 6.07) is 6.78. The van der Waals surface area contributed by atoms with E-state index in [1.807, 2.05) is 0 Å². The molecule has 1 heterocycles. The Balaban J connectivity index is 1.87. The molecule has 2 nitrogen and oxygen atoms in total. The van der Waals surface area contributed by atoms with Crippen LogP contribution in [0.2, 0.25) is 0 Å². The van der Waals surface area contributed by atoms with Crippen molar-refractivity contribution in [2.75, 3.05) is 19.6 Å². The molecule has 0 bridgehead atoms. The number of benzene rings is 1. The second kappa shape index (κ2) is 6.53. The van der Waals surface area contributed by atoms with Crippen LogP contribution in [0.5, 0.6) is 0 Å². The summed E-state index contributed by atoms with van der Waals surface area (Å²) in [6.45, 7) is 10.3. The van der Waals surface area contributed by atoms with Gasteiger partial charge in [-0.2, -0.15) is 0 Å². The van der Waals surface area contributed by atoms with Crippen molar-refractivity contribution < 1.29 is 0 Å². The smallest absolute Gasteiger partial charge is 0.0309 e. The Kier molecular flexibility index (Phi) is 5.00. The SMILES string of the molecule is Cc1ccc(C)c(C(N)CCN2CCC(C)CC2)c1. The minimum atomic E-state index is 0.180. The van der Waals surface area contributed by atoms with E-state index in [0.29, 0.717) is 0 Å². The van der Waals surface area contributed by atoms with Crippen molar-refractivity contribution >= 4 is 0 Å². The molecule has 106 valence electrons. The minimum Gasteiger partial charge on any atom is -0.324 e. The van der Waals surface area contributed by atoms with Crippen LogP contribution in [-0.2, 0) is 0 Å². The number of hydrogen-bond donors (Lipinski definition) is 1. The van der Waals surface area contributed by atoms with Gasteiger partial charge in [-0.1, -0.05) is 30.7 Å². The Morgan fingerprint density at radius 3 is 2.63 bits per heavy atom. The van der Waals surface area contributed by atoms with Crippen molar-refractivity contribution in [3.8, 4) is 0 Å². The van der Waals surface area contributed by atoms with Gasteiger partial charge in [0.15, 0.2) is 0 Å². The van der Waals surface area contributed by atoms with E-state index >= 15 is 0 Å². The first-order valence-corrected chi connectivity index (χ1v) is 7.61. The Labute approximate surface area is 118 Å². The van der Waals surface area contributed by atoms with E-state index in [0.717, 1.165) is 18.9 Å². The van der Waals surface area contributed by atoms with Gasteiger partial charge in [0.2, 0.25) is 0 Å². The number of piperidine rings is 1. The van der Waals surface area contributed by atoms with Crippen LogP contribution in [-0.4, -0.2) is 24.5 Å². The summed E-state index contributed by atoms with van der Waals surface area (Å²) in [4.78, 5) is 2.57. The first-order valence-electron chi connectivity index (χ1n) is 7.61. The highest BCUT2D eigenvalue weighted by Crippen LogP contribution is 2.22. The predicted molar refractivity (Wildman–Crippen MR) is 82.3 cm³/mol. The van der Waals surface area contributed by atoms with Crippen LogP contribution in [0.15, 0.2) is 18.2 Å². The van der Waals surface area contributed by atoms with E-state index in [2.05, 4.69) is 43.9 Å². The standard InChI is InChI=1S/C17H28N2/c1-13-6-9-19(10-7-13)11-8-17(18)16-12-14(2)4-5-15(16)3/h4-5,12-13,17H,6-11,18H2,1-3H3. The molecule has 0 saturated carbocycles. The number of likely N-dealkylation sites (tertiary alicyclic amines) is 1. The van der Waals surface area contributed by atoms with Gasteiger partial charge in [0.05, 0.1) is 0 Å². The zero-order chi connectivity index (χ0) is 13.8. The molecule has 0 spiro atoms. The third-order valence-electron chi connectivity index (χ3n) is 4.47. The molecule has 19 heavy (non-hydrogen) atoms. The lowest BCUT2D eigenvalue weighted by Crippen LogP contribution is -2.34. The Hall–Kier alpha value is -0.860. The highest BCUT2D eigenvalue weighted by atomic mass is 15.1. The molecule has 2 rings (SSSR count). The fourth-order valence-corrected chi connectivity index (χ4v) is 2.92. The van der Waals surface area contributed by atoms with Crippen LogP contribution in [0, 0.1) is 19.8 Å². The third kappa shape index (κ3) is 4.05. The number of hydrogen-bond acceptors (Lipinski definition) is 2. The van der Waals surface area contributed by atoms with Crippen LogP contribution in [0.4, 0.5) is 0 Å². The number of nitrogens with zero attached hydrogens (tertiary/aromatic N) is 1. The molecule has 0 aliphatic carbocycles. The summed E-state index contributed by atoms with van der Waals surface area (Å²) >= 11 is 0. The molecule has 2 heteroatoms. The average molecular weight is 260 g/mol. The predicted octanol–water partition coefficient (Wildman–Crippen LogP) is 3.43. The van der Waals surface area contributed by atoms with Crippen LogP contribution in [0.1, 0.15) is 48.9 Å². The van der Waals surface area contributed by atoms with Crippen molar-refractivity contribution in [2.45, 2.75) is 46.1 Å². The molecule has 1 aliphatic heterocycles. The van der Waals surface area contributed by atoms with E-state index in [-0.39, 0.29) is 6.04 Å². The zero-order valence-electron chi connectivity index (χ0n) is 12.7. The fraction of sp³-hybridized carbons (Fsp3) is 0.647. The van der Waals surface area contributed by atoms with Gasteiger partial charge in [0, 0.05) is 6.04 Å². The zero-order valence-corrected chi connectivity index (χ0v) is 12.7. The molecule has 1 aromatic carbocycles. The minimum absolute atomic E-state index is 0.180. The maximum Gasteiger partial charge on any atom is 0.0309 e. The van der Waals surface area contributed by atoms with Crippen LogP contribution in [0.3, 0.4) is 0 Å². The van der Waals surface area contributed by atoms with E-state index < -0.39 is 0 Å². The molecule has 0 radical (unpaired) electrons. The van der Waals surface area contributed by atoms with Crippen molar-refractivity contribution in [1.82, 2.24) is 4.90 Å². The van der Waals surface area contributed by atoms with E-state index in [4.69, 9.17) is 5.73 Å². The van der Waals surface area contributed by atoms with Gasteiger partial charge in [-0.25, -0.2) is 0 Å². The summed E-state index contributed by atoms with van der Waals surface area (Å²) < 4.78 is 0. The molecule has 1 unspecified atom stereocenters. The number of rotatable bonds is 4. The number of aryl methyl sites for hydroxylation is 2. The normalized spacial score (nSPS) is 19.6. The van der Waals surface area contributed by atoms with E-state index in [9.17, 15) is 0 Å². The quantitative estimate of drug-likeness (QED) is 0.898. The maximum atomic E-state index is 6.38. The Morgan fingerprint density at radius 1 is 1.26 bits per heavy atom. The van der Waals surface area contributed by atoms with Gasteiger partial charge in [-0.15, -0.1) is 0 Å². The molecule has 1 atom stereocenters. The molecule has 1 aliphatic rings.